The van der Waals surface area contributed by atoms with E-state index in [-0.39, 0.29) is 0 Å². The third-order valence-electron chi connectivity index (χ3n) is 1.03. The van der Waals surface area contributed by atoms with Crippen LogP contribution in [0, 0.1) is 12.3 Å². The van der Waals surface area contributed by atoms with Crippen molar-refractivity contribution in [1.82, 2.24) is 0 Å². The van der Waals surface area contributed by atoms with E-state index < -0.39 is 0 Å². The van der Waals surface area contributed by atoms with Crippen molar-refractivity contribution in [2.45, 2.75) is 26.2 Å². The number of rotatable bonds is 5. The quantitative estimate of drug-likeness (QED) is 0.403. The first-order valence-electron chi connectivity index (χ1n) is 3.43. The molecule has 0 aliphatic carbocycles. The summed E-state index contributed by atoms with van der Waals surface area (Å²) in [6, 6.07) is 0. The fourth-order valence-corrected chi connectivity index (χ4v) is 0.480. The first kappa shape index (κ1) is 8.52. The lowest BCUT2D eigenvalue weighted by atomic mass is 10.4. The van der Waals surface area contributed by atoms with Gasteiger partial charge in [0.15, 0.2) is 0 Å². The molecule has 0 aromatic heterocycles. The zero-order valence-electron chi connectivity index (χ0n) is 6.02. The van der Waals surface area contributed by atoms with E-state index in [0.29, 0.717) is 0 Å². The van der Waals surface area contributed by atoms with E-state index in [1.54, 1.807) is 0 Å². The summed E-state index contributed by atoms with van der Waals surface area (Å²) in [6.45, 7) is 3.72. The Labute approximate surface area is 57.4 Å². The molecular formula is C8H14O. The van der Waals surface area contributed by atoms with Gasteiger partial charge in [-0.1, -0.05) is 13.3 Å². The van der Waals surface area contributed by atoms with E-state index in [0.717, 1.165) is 26.1 Å². The predicted octanol–water partition coefficient (Wildman–Crippen LogP) is 1.83. The molecule has 0 aliphatic heterocycles. The molecule has 0 saturated heterocycles. The van der Waals surface area contributed by atoms with Crippen molar-refractivity contribution >= 4 is 0 Å². The van der Waals surface area contributed by atoms with Crippen LogP contribution in [0.25, 0.3) is 0 Å². The van der Waals surface area contributed by atoms with Gasteiger partial charge in [0.05, 0.1) is 6.61 Å². The summed E-state index contributed by atoms with van der Waals surface area (Å²) < 4.78 is 5.17. The first-order valence-corrected chi connectivity index (χ1v) is 3.43. The molecule has 0 aromatic rings. The normalized spacial score (nSPS) is 8.89. The van der Waals surface area contributed by atoms with Crippen molar-refractivity contribution < 1.29 is 4.74 Å². The van der Waals surface area contributed by atoms with E-state index in [9.17, 15) is 0 Å². The minimum Gasteiger partial charge on any atom is -0.380 e. The van der Waals surface area contributed by atoms with E-state index >= 15 is 0 Å². The van der Waals surface area contributed by atoms with Crippen molar-refractivity contribution in [2.24, 2.45) is 0 Å². The molecule has 0 saturated carbocycles. The zero-order valence-corrected chi connectivity index (χ0v) is 6.02. The van der Waals surface area contributed by atoms with Crippen molar-refractivity contribution in [3.63, 3.8) is 0 Å². The van der Waals surface area contributed by atoms with E-state index in [4.69, 9.17) is 11.2 Å². The molecule has 0 atom stereocenters. The molecule has 0 fully saturated rings. The molecule has 0 heterocycles. The Hall–Kier alpha value is -0.480. The van der Waals surface area contributed by atoms with Crippen LogP contribution in [0.3, 0.4) is 0 Å². The van der Waals surface area contributed by atoms with Crippen LogP contribution in [0.1, 0.15) is 26.2 Å². The number of unbranched alkanes of at least 4 members (excludes halogenated alkanes) is 1. The Balaban J connectivity index is 2.69. The van der Waals surface area contributed by atoms with Gasteiger partial charge in [-0.05, 0) is 6.42 Å². The molecule has 52 valence electrons. The van der Waals surface area contributed by atoms with E-state index in [1.807, 2.05) is 0 Å². The van der Waals surface area contributed by atoms with Crippen LogP contribution in [0.2, 0.25) is 0 Å². The zero-order chi connectivity index (χ0) is 6.95. The average Bonchev–Trinajstić information content (AvgIpc) is 1.89. The Morgan fingerprint density at radius 3 is 2.78 bits per heavy atom. The lowest BCUT2D eigenvalue weighted by Gasteiger charge is -1.97. The number of hydrogen-bond donors (Lipinski definition) is 0. The summed E-state index contributed by atoms with van der Waals surface area (Å²) in [7, 11) is 0. The number of hydrogen-bond acceptors (Lipinski definition) is 1. The molecule has 0 unspecified atom stereocenters. The molecule has 0 amide bonds. The second-order valence-electron chi connectivity index (χ2n) is 1.92. The predicted molar refractivity (Wildman–Crippen MR) is 39.2 cm³/mol. The smallest absolute Gasteiger partial charge is 0.0575 e. The molecule has 0 rings (SSSR count). The monoisotopic (exact) mass is 126 g/mol. The summed E-state index contributed by atoms with van der Waals surface area (Å²) in [5.74, 6) is 2.52. The second kappa shape index (κ2) is 7.52. The topological polar surface area (TPSA) is 9.23 Å². The summed E-state index contributed by atoms with van der Waals surface area (Å²) in [5, 5.41) is 0. The summed E-state index contributed by atoms with van der Waals surface area (Å²) in [6.07, 6.45) is 8.09. The Kier molecular flexibility index (Phi) is 7.12. The van der Waals surface area contributed by atoms with Gasteiger partial charge in [0, 0.05) is 13.0 Å². The van der Waals surface area contributed by atoms with Crippen LogP contribution in [0.5, 0.6) is 0 Å². The fourth-order valence-electron chi connectivity index (χ4n) is 0.480. The maximum atomic E-state index is 5.17. The Morgan fingerprint density at radius 2 is 2.22 bits per heavy atom. The van der Waals surface area contributed by atoms with Gasteiger partial charge in [-0.2, -0.15) is 0 Å². The molecule has 0 aromatic carbocycles. The van der Waals surface area contributed by atoms with Crippen molar-refractivity contribution in [1.29, 1.82) is 0 Å². The molecule has 0 radical (unpaired) electrons. The van der Waals surface area contributed by atoms with Crippen molar-refractivity contribution in [3.05, 3.63) is 0 Å². The highest BCUT2D eigenvalue weighted by Gasteiger charge is 1.83. The minimum absolute atomic E-state index is 0.719. The molecule has 9 heavy (non-hydrogen) atoms. The molecule has 0 N–H and O–H groups in total. The highest BCUT2D eigenvalue weighted by molar-refractivity contribution is 4.82. The third kappa shape index (κ3) is 7.52. The summed E-state index contributed by atoms with van der Waals surface area (Å²) in [4.78, 5) is 0. The maximum Gasteiger partial charge on any atom is 0.0575 e. The van der Waals surface area contributed by atoms with E-state index in [2.05, 4.69) is 12.8 Å². The van der Waals surface area contributed by atoms with Crippen molar-refractivity contribution in [2.75, 3.05) is 13.2 Å². The highest BCUT2D eigenvalue weighted by Crippen LogP contribution is 1.88. The average molecular weight is 126 g/mol. The van der Waals surface area contributed by atoms with Gasteiger partial charge in [0.2, 0.25) is 0 Å². The van der Waals surface area contributed by atoms with Crippen LogP contribution in [-0.4, -0.2) is 13.2 Å². The number of ether oxygens (including phenoxy) is 1. The van der Waals surface area contributed by atoms with E-state index in [1.165, 1.54) is 6.42 Å². The molecule has 0 aliphatic rings. The third-order valence-corrected chi connectivity index (χ3v) is 1.03. The lowest BCUT2D eigenvalue weighted by Crippen LogP contribution is -1.94. The molecular weight excluding hydrogens is 112 g/mol. The maximum absolute atomic E-state index is 5.17. The van der Waals surface area contributed by atoms with Gasteiger partial charge in [0.1, 0.15) is 0 Å². The van der Waals surface area contributed by atoms with Gasteiger partial charge in [-0.3, -0.25) is 0 Å². The van der Waals surface area contributed by atoms with Gasteiger partial charge in [-0.25, -0.2) is 0 Å². The summed E-state index contributed by atoms with van der Waals surface area (Å²) >= 11 is 0. The molecule has 1 nitrogen and oxygen atoms in total. The fraction of sp³-hybridized carbons (Fsp3) is 0.750. The van der Waals surface area contributed by atoms with Crippen LogP contribution in [-0.2, 0) is 4.74 Å². The van der Waals surface area contributed by atoms with Crippen LogP contribution < -0.4 is 0 Å². The van der Waals surface area contributed by atoms with Crippen LogP contribution >= 0.6 is 0 Å². The Morgan fingerprint density at radius 1 is 1.44 bits per heavy atom. The van der Waals surface area contributed by atoms with Gasteiger partial charge >= 0.3 is 0 Å². The summed E-state index contributed by atoms with van der Waals surface area (Å²) in [5.41, 5.74) is 0. The Bertz CT molecular complexity index is 81.1. The van der Waals surface area contributed by atoms with Crippen LogP contribution in [0.15, 0.2) is 0 Å². The minimum atomic E-state index is 0.719. The lowest BCUT2D eigenvalue weighted by molar-refractivity contribution is 0.137. The van der Waals surface area contributed by atoms with Gasteiger partial charge in [-0.15, -0.1) is 12.3 Å². The molecule has 1 heteroatoms. The standard InChI is InChI=1S/C8H14O/c1-3-5-7-9-8-6-4-2/h1H,4-8H2,2H3. The largest absolute Gasteiger partial charge is 0.380 e. The number of terminal acetylenes is 1. The molecule has 0 spiro atoms. The van der Waals surface area contributed by atoms with Gasteiger partial charge < -0.3 is 4.74 Å². The van der Waals surface area contributed by atoms with Gasteiger partial charge in [0.25, 0.3) is 0 Å². The first-order chi connectivity index (χ1) is 4.41. The van der Waals surface area contributed by atoms with Crippen LogP contribution in [0.4, 0.5) is 0 Å². The highest BCUT2D eigenvalue weighted by atomic mass is 16.5. The SMILES string of the molecule is C#CCCOCCCC. The second-order valence-corrected chi connectivity index (χ2v) is 1.92. The van der Waals surface area contributed by atoms with Crippen molar-refractivity contribution in [3.8, 4) is 12.3 Å². The molecule has 0 bridgehead atoms.